The Kier molecular flexibility index (Phi) is 8.86. The van der Waals surface area contributed by atoms with Crippen LogP contribution in [-0.2, 0) is 0 Å². The van der Waals surface area contributed by atoms with Crippen LogP contribution in [0.2, 0.25) is 0 Å². The number of pyridine rings is 1. The number of benzene rings is 8. The SMILES string of the molecule is c1ccc(-c2cccc(-c3ccccc3)c2N2CN(c3cccc(Oc4cccc(N(c5ccccc5)c5ccccn5)c4)c3)c3ccc4ccccc4c32)cc1. The fourth-order valence-corrected chi connectivity index (χ4v) is 7.99. The van der Waals surface area contributed by atoms with Crippen LogP contribution >= 0.6 is 0 Å². The molecule has 0 saturated heterocycles. The summed E-state index contributed by atoms with van der Waals surface area (Å²) in [7, 11) is 0. The molecule has 0 radical (unpaired) electrons. The molecule has 0 fully saturated rings. The van der Waals surface area contributed by atoms with Crippen LogP contribution in [0.1, 0.15) is 0 Å². The Labute approximate surface area is 332 Å². The zero-order chi connectivity index (χ0) is 38.0. The molecule has 0 spiro atoms. The Bertz CT molecular complexity index is 2710. The van der Waals surface area contributed by atoms with E-state index < -0.39 is 0 Å². The molecule has 0 bridgehead atoms. The van der Waals surface area contributed by atoms with Crippen molar-refractivity contribution in [1.82, 2.24) is 4.98 Å². The third-order valence-corrected chi connectivity index (χ3v) is 10.5. The van der Waals surface area contributed by atoms with Crippen molar-refractivity contribution in [2.45, 2.75) is 0 Å². The topological polar surface area (TPSA) is 31.8 Å². The van der Waals surface area contributed by atoms with Crippen LogP contribution in [0.4, 0.5) is 39.9 Å². The summed E-state index contributed by atoms with van der Waals surface area (Å²) < 4.78 is 6.68. The molecule has 0 N–H and O–H groups in total. The first-order valence-electron chi connectivity index (χ1n) is 19.2. The van der Waals surface area contributed by atoms with Gasteiger partial charge < -0.3 is 14.5 Å². The van der Waals surface area contributed by atoms with E-state index in [9.17, 15) is 0 Å². The summed E-state index contributed by atoms with van der Waals surface area (Å²) >= 11 is 0. The van der Waals surface area contributed by atoms with Crippen LogP contribution in [0.3, 0.4) is 0 Å². The van der Waals surface area contributed by atoms with Crippen molar-refractivity contribution in [3.63, 3.8) is 0 Å². The summed E-state index contributed by atoms with van der Waals surface area (Å²) in [6, 6.07) is 74.2. The van der Waals surface area contributed by atoms with Gasteiger partial charge >= 0.3 is 0 Å². The van der Waals surface area contributed by atoms with Crippen LogP contribution < -0.4 is 19.4 Å². The monoisotopic (exact) mass is 734 g/mol. The van der Waals surface area contributed by atoms with Gasteiger partial charge in [0, 0.05) is 46.2 Å². The zero-order valence-corrected chi connectivity index (χ0v) is 31.2. The Hall–Kier alpha value is -7.63. The predicted molar refractivity (Wildman–Crippen MR) is 236 cm³/mol. The van der Waals surface area contributed by atoms with E-state index >= 15 is 0 Å². The van der Waals surface area contributed by atoms with E-state index in [1.54, 1.807) is 0 Å². The fourth-order valence-electron chi connectivity index (χ4n) is 7.99. The summed E-state index contributed by atoms with van der Waals surface area (Å²) in [4.78, 5) is 11.7. The average molecular weight is 735 g/mol. The molecular weight excluding hydrogens is 697 g/mol. The summed E-state index contributed by atoms with van der Waals surface area (Å²) in [6.45, 7) is 0.613. The number of nitrogens with zero attached hydrogens (tertiary/aromatic N) is 4. The van der Waals surface area contributed by atoms with Crippen molar-refractivity contribution < 1.29 is 4.74 Å². The first-order chi connectivity index (χ1) is 28.3. The molecule has 0 saturated carbocycles. The summed E-state index contributed by atoms with van der Waals surface area (Å²) in [5, 5.41) is 2.41. The first kappa shape index (κ1) is 33.9. The number of fused-ring (bicyclic) bond motifs is 3. The van der Waals surface area contributed by atoms with Crippen molar-refractivity contribution in [2.75, 3.05) is 21.4 Å². The molecule has 5 heteroatoms. The van der Waals surface area contributed by atoms with Gasteiger partial charge in [0.1, 0.15) is 24.0 Å². The van der Waals surface area contributed by atoms with Gasteiger partial charge in [0.2, 0.25) is 0 Å². The van der Waals surface area contributed by atoms with Gasteiger partial charge in [0.05, 0.1) is 22.7 Å². The summed E-state index contributed by atoms with van der Waals surface area (Å²) in [5.41, 5.74) is 11.2. The number of anilines is 7. The van der Waals surface area contributed by atoms with E-state index in [-0.39, 0.29) is 0 Å². The van der Waals surface area contributed by atoms with Gasteiger partial charge in [-0.25, -0.2) is 4.98 Å². The smallest absolute Gasteiger partial charge is 0.137 e. The minimum atomic E-state index is 0.613. The van der Waals surface area contributed by atoms with Crippen LogP contribution in [-0.4, -0.2) is 11.7 Å². The molecule has 0 unspecified atom stereocenters. The van der Waals surface area contributed by atoms with Gasteiger partial charge in [-0.3, -0.25) is 4.90 Å². The van der Waals surface area contributed by atoms with Crippen molar-refractivity contribution in [2.24, 2.45) is 0 Å². The van der Waals surface area contributed by atoms with E-state index in [1.165, 1.54) is 44.4 Å². The molecule has 9 aromatic rings. The number of aromatic nitrogens is 1. The zero-order valence-electron chi connectivity index (χ0n) is 31.2. The highest BCUT2D eigenvalue weighted by Crippen LogP contribution is 2.53. The highest BCUT2D eigenvalue weighted by Gasteiger charge is 2.33. The second-order valence-corrected chi connectivity index (χ2v) is 14.0. The number of ether oxygens (including phenoxy) is 1. The van der Waals surface area contributed by atoms with E-state index in [1.807, 2.05) is 60.8 Å². The molecule has 5 nitrogen and oxygen atoms in total. The number of hydrogen-bond acceptors (Lipinski definition) is 5. The van der Waals surface area contributed by atoms with Gasteiger partial charge in [-0.05, 0) is 71.1 Å². The van der Waals surface area contributed by atoms with Crippen LogP contribution in [0.25, 0.3) is 33.0 Å². The molecule has 0 amide bonds. The number of para-hydroxylation sites is 2. The maximum absolute atomic E-state index is 6.68. The minimum Gasteiger partial charge on any atom is -0.457 e. The Morgan fingerprint density at radius 1 is 0.456 bits per heavy atom. The van der Waals surface area contributed by atoms with Gasteiger partial charge in [-0.1, -0.05) is 146 Å². The lowest BCUT2D eigenvalue weighted by molar-refractivity contribution is 0.483. The predicted octanol–water partition coefficient (Wildman–Crippen LogP) is 14.1. The van der Waals surface area contributed by atoms with Crippen molar-refractivity contribution >= 4 is 50.7 Å². The standard InChI is InChI=1S/C52H38N4O/c1-4-17-38(18-5-1)46-29-16-30-47(39-19-6-2-7-20-39)51(46)55-37-54(49-33-32-40-21-10-11-28-48(40)52(49)55)42-24-14-26-44(35-42)57-45-27-15-25-43(36-45)56(41-22-8-3-9-23-41)50-31-12-13-34-53-50/h1-36H,37H2. The number of hydrogen-bond donors (Lipinski definition) is 0. The number of rotatable bonds is 9. The third-order valence-electron chi connectivity index (χ3n) is 10.5. The second-order valence-electron chi connectivity index (χ2n) is 14.0. The largest absolute Gasteiger partial charge is 0.457 e. The lowest BCUT2D eigenvalue weighted by atomic mass is 9.94. The van der Waals surface area contributed by atoms with E-state index in [0.29, 0.717) is 6.67 Å². The second kappa shape index (κ2) is 14.9. The Morgan fingerprint density at radius 3 is 1.79 bits per heavy atom. The van der Waals surface area contributed by atoms with Crippen molar-refractivity contribution in [3.05, 3.63) is 219 Å². The molecule has 0 aliphatic carbocycles. The molecule has 0 atom stereocenters. The molecule has 1 aromatic heterocycles. The molecular formula is C52H38N4O. The van der Waals surface area contributed by atoms with Gasteiger partial charge in [0.15, 0.2) is 0 Å². The van der Waals surface area contributed by atoms with Crippen molar-refractivity contribution in [1.29, 1.82) is 0 Å². The Morgan fingerprint density at radius 2 is 1.07 bits per heavy atom. The summed E-state index contributed by atoms with van der Waals surface area (Å²) in [6.07, 6.45) is 1.82. The average Bonchev–Trinajstić information content (AvgIpc) is 3.68. The molecule has 2 heterocycles. The van der Waals surface area contributed by atoms with Crippen LogP contribution in [0.15, 0.2) is 219 Å². The fraction of sp³-hybridized carbons (Fsp3) is 0.0192. The minimum absolute atomic E-state index is 0.613. The van der Waals surface area contributed by atoms with Gasteiger partial charge in [-0.2, -0.15) is 0 Å². The van der Waals surface area contributed by atoms with Gasteiger partial charge in [0.25, 0.3) is 0 Å². The van der Waals surface area contributed by atoms with E-state index in [4.69, 9.17) is 4.74 Å². The van der Waals surface area contributed by atoms with E-state index in [2.05, 4.69) is 177 Å². The maximum Gasteiger partial charge on any atom is 0.137 e. The lowest BCUT2D eigenvalue weighted by Gasteiger charge is -2.27. The third kappa shape index (κ3) is 6.51. The quantitative estimate of drug-likeness (QED) is 0.147. The molecule has 8 aromatic carbocycles. The van der Waals surface area contributed by atoms with Gasteiger partial charge in [-0.15, -0.1) is 0 Å². The molecule has 1 aliphatic heterocycles. The maximum atomic E-state index is 6.68. The Balaban J connectivity index is 1.06. The van der Waals surface area contributed by atoms with Crippen LogP contribution in [0.5, 0.6) is 11.5 Å². The van der Waals surface area contributed by atoms with Crippen LogP contribution in [0, 0.1) is 0 Å². The lowest BCUT2D eigenvalue weighted by Crippen LogP contribution is -2.25. The van der Waals surface area contributed by atoms with Crippen molar-refractivity contribution in [3.8, 4) is 33.8 Å². The normalized spacial score (nSPS) is 12.1. The molecule has 1 aliphatic rings. The highest BCUT2D eigenvalue weighted by molar-refractivity contribution is 6.09. The molecule has 57 heavy (non-hydrogen) atoms. The molecule has 10 rings (SSSR count). The summed E-state index contributed by atoms with van der Waals surface area (Å²) in [5.74, 6) is 2.32. The molecule has 272 valence electrons. The highest BCUT2D eigenvalue weighted by atomic mass is 16.5. The van der Waals surface area contributed by atoms with E-state index in [0.717, 1.165) is 40.1 Å². The first-order valence-corrected chi connectivity index (χ1v) is 19.2.